The fourth-order valence-corrected chi connectivity index (χ4v) is 4.58. The standard InChI is InChI=1S/C26H28N6O4/c1-2-3-13-31-21(16-30-15-20(23(27)33)36-19-12-8-7-11-18(19)30)28-24-22(31)25(34)29-26(35)32(24)14-17-9-5-4-6-10-17/h4-12,20H,2-3,13-16H2,1H3,(H2,27,33)(H,29,34,35)/t20-/m1/s1. The summed E-state index contributed by atoms with van der Waals surface area (Å²) in [4.78, 5) is 47.1. The second-order valence-electron chi connectivity index (χ2n) is 8.89. The predicted molar refractivity (Wildman–Crippen MR) is 136 cm³/mol. The van der Waals surface area contributed by atoms with Crippen molar-refractivity contribution in [2.24, 2.45) is 5.73 Å². The van der Waals surface area contributed by atoms with E-state index in [9.17, 15) is 14.4 Å². The number of aromatic nitrogens is 4. The van der Waals surface area contributed by atoms with Gasteiger partial charge in [-0.1, -0.05) is 55.8 Å². The summed E-state index contributed by atoms with van der Waals surface area (Å²) >= 11 is 0. The van der Waals surface area contributed by atoms with Crippen LogP contribution < -0.4 is 26.6 Å². The van der Waals surface area contributed by atoms with Gasteiger partial charge in [0.2, 0.25) is 0 Å². The van der Waals surface area contributed by atoms with Gasteiger partial charge in [0.05, 0.1) is 25.3 Å². The summed E-state index contributed by atoms with van der Waals surface area (Å²) < 4.78 is 9.17. The van der Waals surface area contributed by atoms with Crippen LogP contribution in [0.1, 0.15) is 31.2 Å². The van der Waals surface area contributed by atoms with Crippen LogP contribution in [-0.4, -0.2) is 37.7 Å². The van der Waals surface area contributed by atoms with Crippen LogP contribution in [0, 0.1) is 0 Å². The summed E-state index contributed by atoms with van der Waals surface area (Å²) in [5.74, 6) is 0.626. The number of carbonyl (C=O) groups excluding carboxylic acids is 1. The van der Waals surface area contributed by atoms with Crippen molar-refractivity contribution in [3.8, 4) is 5.75 Å². The molecular formula is C26H28N6O4. The number of carbonyl (C=O) groups is 1. The summed E-state index contributed by atoms with van der Waals surface area (Å²) in [7, 11) is 0. The van der Waals surface area contributed by atoms with Crippen molar-refractivity contribution in [2.45, 2.75) is 45.5 Å². The van der Waals surface area contributed by atoms with E-state index in [1.54, 1.807) is 6.07 Å². The first-order chi connectivity index (χ1) is 17.5. The van der Waals surface area contributed by atoms with E-state index in [4.69, 9.17) is 15.5 Å². The Kier molecular flexibility index (Phi) is 6.32. The molecular weight excluding hydrogens is 460 g/mol. The molecule has 0 radical (unpaired) electrons. The zero-order valence-electron chi connectivity index (χ0n) is 20.0. The molecule has 0 bridgehead atoms. The van der Waals surface area contributed by atoms with Crippen LogP contribution in [0.3, 0.4) is 0 Å². The predicted octanol–water partition coefficient (Wildman–Crippen LogP) is 1.99. The zero-order valence-corrected chi connectivity index (χ0v) is 20.0. The zero-order chi connectivity index (χ0) is 25.2. The Labute approximate surface area is 206 Å². The molecule has 1 aliphatic heterocycles. The molecule has 0 saturated heterocycles. The Bertz CT molecular complexity index is 1520. The topological polar surface area (TPSA) is 128 Å². The van der Waals surface area contributed by atoms with Gasteiger partial charge in [-0.3, -0.25) is 19.1 Å². The summed E-state index contributed by atoms with van der Waals surface area (Å²) in [5.41, 5.74) is 7.03. The minimum absolute atomic E-state index is 0.247. The normalized spacial score (nSPS) is 15.0. The SMILES string of the molecule is CCCCn1c(CN2C[C@H](C(N)=O)Oc3ccccc32)nc2c1c(=O)[nH]c(=O)n2Cc1ccccc1. The van der Waals surface area contributed by atoms with Gasteiger partial charge in [0, 0.05) is 6.54 Å². The number of unbranched alkanes of at least 4 members (excludes halogenated alkanes) is 1. The van der Waals surface area contributed by atoms with Crippen LogP contribution in [-0.2, 0) is 24.4 Å². The molecule has 2 aromatic carbocycles. The monoisotopic (exact) mass is 488 g/mol. The fourth-order valence-electron chi connectivity index (χ4n) is 4.58. The molecule has 2 aromatic heterocycles. The van der Waals surface area contributed by atoms with Crippen LogP contribution in [0.15, 0.2) is 64.2 Å². The van der Waals surface area contributed by atoms with E-state index in [0.717, 1.165) is 24.1 Å². The third-order valence-corrected chi connectivity index (χ3v) is 6.39. The van der Waals surface area contributed by atoms with Crippen molar-refractivity contribution < 1.29 is 9.53 Å². The quantitative estimate of drug-likeness (QED) is 0.390. The lowest BCUT2D eigenvalue weighted by molar-refractivity contribution is -0.124. The number of para-hydroxylation sites is 2. The minimum Gasteiger partial charge on any atom is -0.477 e. The molecule has 5 rings (SSSR count). The Morgan fingerprint density at radius 1 is 1.08 bits per heavy atom. The van der Waals surface area contributed by atoms with Gasteiger partial charge in [0.25, 0.3) is 11.5 Å². The smallest absolute Gasteiger partial charge is 0.330 e. The van der Waals surface area contributed by atoms with E-state index >= 15 is 0 Å². The Balaban J connectivity index is 1.63. The molecule has 1 aliphatic rings. The highest BCUT2D eigenvalue weighted by atomic mass is 16.5. The van der Waals surface area contributed by atoms with Gasteiger partial charge >= 0.3 is 5.69 Å². The molecule has 1 amide bonds. The first kappa shape index (κ1) is 23.4. The number of nitrogens with zero attached hydrogens (tertiary/aromatic N) is 4. The first-order valence-corrected chi connectivity index (χ1v) is 12.0. The van der Waals surface area contributed by atoms with Crippen molar-refractivity contribution in [3.63, 3.8) is 0 Å². The van der Waals surface area contributed by atoms with E-state index < -0.39 is 23.3 Å². The number of nitrogens with two attached hydrogens (primary N) is 1. The van der Waals surface area contributed by atoms with Crippen LogP contribution in [0.2, 0.25) is 0 Å². The number of benzene rings is 2. The summed E-state index contributed by atoms with van der Waals surface area (Å²) in [6.07, 6.45) is 0.942. The van der Waals surface area contributed by atoms with Gasteiger partial charge < -0.3 is 19.9 Å². The van der Waals surface area contributed by atoms with Crippen LogP contribution >= 0.6 is 0 Å². The maximum Gasteiger partial charge on any atom is 0.330 e. The van der Waals surface area contributed by atoms with E-state index in [2.05, 4.69) is 11.9 Å². The van der Waals surface area contributed by atoms with Gasteiger partial charge in [-0.05, 0) is 24.1 Å². The highest BCUT2D eigenvalue weighted by Crippen LogP contribution is 2.34. The lowest BCUT2D eigenvalue weighted by Gasteiger charge is -2.34. The van der Waals surface area contributed by atoms with Gasteiger partial charge in [-0.2, -0.15) is 0 Å². The lowest BCUT2D eigenvalue weighted by Crippen LogP contribution is -2.47. The van der Waals surface area contributed by atoms with E-state index in [1.165, 1.54) is 4.57 Å². The van der Waals surface area contributed by atoms with Crippen molar-refractivity contribution in [1.82, 2.24) is 19.1 Å². The number of aryl methyl sites for hydroxylation is 1. The summed E-state index contributed by atoms with van der Waals surface area (Å²) in [5, 5.41) is 0. The number of rotatable bonds is 8. The molecule has 0 saturated carbocycles. The van der Waals surface area contributed by atoms with E-state index in [1.807, 2.05) is 58.0 Å². The number of amides is 1. The fraction of sp³-hybridized carbons (Fsp3) is 0.308. The molecule has 0 spiro atoms. The molecule has 36 heavy (non-hydrogen) atoms. The molecule has 3 N–H and O–H groups in total. The van der Waals surface area contributed by atoms with Crippen LogP contribution in [0.5, 0.6) is 5.75 Å². The van der Waals surface area contributed by atoms with E-state index in [-0.39, 0.29) is 13.1 Å². The van der Waals surface area contributed by atoms with Crippen molar-refractivity contribution >= 4 is 22.8 Å². The van der Waals surface area contributed by atoms with Crippen molar-refractivity contribution in [3.05, 3.63) is 86.8 Å². The van der Waals surface area contributed by atoms with Gasteiger partial charge in [0.15, 0.2) is 17.3 Å². The Hall–Kier alpha value is -4.34. The minimum atomic E-state index is -0.812. The van der Waals surface area contributed by atoms with Crippen LogP contribution in [0.25, 0.3) is 11.2 Å². The number of aromatic amines is 1. The number of anilines is 1. The van der Waals surface area contributed by atoms with E-state index in [0.29, 0.717) is 35.8 Å². The number of fused-ring (bicyclic) bond motifs is 2. The second-order valence-corrected chi connectivity index (χ2v) is 8.89. The molecule has 186 valence electrons. The maximum atomic E-state index is 13.0. The number of nitrogens with one attached hydrogen (secondary N) is 1. The van der Waals surface area contributed by atoms with Crippen molar-refractivity contribution in [2.75, 3.05) is 11.4 Å². The lowest BCUT2D eigenvalue weighted by atomic mass is 10.2. The largest absolute Gasteiger partial charge is 0.477 e. The summed E-state index contributed by atoms with van der Waals surface area (Å²) in [6, 6.07) is 17.0. The van der Waals surface area contributed by atoms with Crippen LogP contribution in [0.4, 0.5) is 5.69 Å². The Morgan fingerprint density at radius 3 is 2.58 bits per heavy atom. The number of hydrogen-bond acceptors (Lipinski definition) is 6. The molecule has 10 heteroatoms. The third kappa shape index (κ3) is 4.37. The molecule has 3 heterocycles. The second kappa shape index (κ2) is 9.73. The molecule has 10 nitrogen and oxygen atoms in total. The molecule has 0 fully saturated rings. The highest BCUT2D eigenvalue weighted by molar-refractivity contribution is 5.81. The highest BCUT2D eigenvalue weighted by Gasteiger charge is 2.30. The number of ether oxygens (including phenoxy) is 1. The average molecular weight is 489 g/mol. The van der Waals surface area contributed by atoms with Gasteiger partial charge in [-0.15, -0.1) is 0 Å². The maximum absolute atomic E-state index is 13.0. The molecule has 0 aliphatic carbocycles. The molecule has 4 aromatic rings. The number of H-pyrrole nitrogens is 1. The number of primary amides is 1. The number of hydrogen-bond donors (Lipinski definition) is 2. The third-order valence-electron chi connectivity index (χ3n) is 6.39. The summed E-state index contributed by atoms with van der Waals surface area (Å²) in [6.45, 7) is 3.48. The molecule has 1 atom stereocenters. The Morgan fingerprint density at radius 2 is 1.83 bits per heavy atom. The first-order valence-electron chi connectivity index (χ1n) is 12.0. The van der Waals surface area contributed by atoms with Gasteiger partial charge in [0.1, 0.15) is 11.6 Å². The number of imidazole rings is 1. The average Bonchev–Trinajstić information content (AvgIpc) is 3.24. The van der Waals surface area contributed by atoms with Gasteiger partial charge in [-0.25, -0.2) is 9.78 Å². The van der Waals surface area contributed by atoms with Crippen molar-refractivity contribution in [1.29, 1.82) is 0 Å². The molecule has 0 unspecified atom stereocenters.